The lowest BCUT2D eigenvalue weighted by Crippen LogP contribution is -2.43. The van der Waals surface area contributed by atoms with Gasteiger partial charge in [0.15, 0.2) is 0 Å². The number of hydrogen-bond donors (Lipinski definition) is 0. The lowest BCUT2D eigenvalue weighted by Gasteiger charge is -2.32. The minimum atomic E-state index is 0.970. The molecule has 1 aliphatic rings. The molecule has 0 bridgehead atoms. The zero-order valence-electron chi connectivity index (χ0n) is 19.1. The Labute approximate surface area is 185 Å². The van der Waals surface area contributed by atoms with E-state index >= 15 is 0 Å². The number of aromatic nitrogens is 2. The fraction of sp³-hybridized carbons (Fsp3) is 0.333. The Hall–Kier alpha value is -2.82. The van der Waals surface area contributed by atoms with Gasteiger partial charge in [-0.25, -0.2) is 0 Å². The van der Waals surface area contributed by atoms with Gasteiger partial charge in [0.2, 0.25) is 0 Å². The molecule has 0 atom stereocenters. The molecule has 1 fully saturated rings. The highest BCUT2D eigenvalue weighted by atomic mass is 15.2. The van der Waals surface area contributed by atoms with Crippen LogP contribution in [-0.2, 0) is 6.54 Å². The van der Waals surface area contributed by atoms with Crippen LogP contribution in [0.5, 0.6) is 0 Å². The van der Waals surface area contributed by atoms with Crippen molar-refractivity contribution < 1.29 is 0 Å². The van der Waals surface area contributed by atoms with Crippen LogP contribution in [-0.4, -0.2) is 53.0 Å². The molecular weight excluding hydrogens is 380 g/mol. The van der Waals surface area contributed by atoms with Crippen LogP contribution in [0.15, 0.2) is 60.7 Å². The molecule has 4 nitrogen and oxygen atoms in total. The number of piperazine rings is 1. The van der Waals surface area contributed by atoms with Gasteiger partial charge in [-0.1, -0.05) is 35.4 Å². The van der Waals surface area contributed by atoms with E-state index < -0.39 is 0 Å². The van der Waals surface area contributed by atoms with Crippen LogP contribution >= 0.6 is 0 Å². The van der Waals surface area contributed by atoms with Crippen molar-refractivity contribution in [2.45, 2.75) is 27.3 Å². The van der Waals surface area contributed by atoms with Crippen molar-refractivity contribution in [1.29, 1.82) is 0 Å². The molecule has 4 aromatic rings. The van der Waals surface area contributed by atoms with E-state index in [1.54, 1.807) is 0 Å². The number of likely N-dealkylation sites (N-methyl/N-ethyl adjacent to an activating group) is 1. The Bertz CT molecular complexity index is 1140. The average molecular weight is 413 g/mol. The molecule has 0 aliphatic carbocycles. The third kappa shape index (κ3) is 5.66. The largest absolute Gasteiger partial charge is 0.304 e. The van der Waals surface area contributed by atoms with Gasteiger partial charge < -0.3 is 4.90 Å². The van der Waals surface area contributed by atoms with Crippen LogP contribution in [0.25, 0.3) is 21.8 Å². The number of nitrogens with zero attached hydrogens (tertiary/aromatic N) is 4. The maximum atomic E-state index is 4.77. The summed E-state index contributed by atoms with van der Waals surface area (Å²) in [6.07, 6.45) is 0. The van der Waals surface area contributed by atoms with Crippen molar-refractivity contribution in [3.8, 4) is 0 Å². The summed E-state index contributed by atoms with van der Waals surface area (Å²) in [5.74, 6) is 0. The summed E-state index contributed by atoms with van der Waals surface area (Å²) in [5.41, 5.74) is 7.03. The molecule has 4 heteroatoms. The SMILES string of the molecule is Cc1ccc2nc(C)ccc2c1.Cc1ccc2nc(CN3CCN(C)CC3)ccc2c1. The minimum Gasteiger partial charge on any atom is -0.304 e. The second kappa shape index (κ2) is 9.54. The first-order chi connectivity index (χ1) is 15.0. The molecule has 0 unspecified atom stereocenters. The van der Waals surface area contributed by atoms with Crippen molar-refractivity contribution in [2.24, 2.45) is 0 Å². The van der Waals surface area contributed by atoms with Gasteiger partial charge in [0.25, 0.3) is 0 Å². The number of benzene rings is 2. The van der Waals surface area contributed by atoms with E-state index in [0.29, 0.717) is 0 Å². The van der Waals surface area contributed by atoms with Gasteiger partial charge in [-0.2, -0.15) is 0 Å². The smallest absolute Gasteiger partial charge is 0.0706 e. The van der Waals surface area contributed by atoms with Crippen LogP contribution in [0.1, 0.15) is 22.5 Å². The van der Waals surface area contributed by atoms with Crippen LogP contribution in [0.3, 0.4) is 0 Å². The van der Waals surface area contributed by atoms with Crippen molar-refractivity contribution in [1.82, 2.24) is 19.8 Å². The molecule has 2 aromatic heterocycles. The number of fused-ring (bicyclic) bond motifs is 2. The van der Waals surface area contributed by atoms with Gasteiger partial charge in [0, 0.05) is 49.2 Å². The van der Waals surface area contributed by atoms with Gasteiger partial charge >= 0.3 is 0 Å². The van der Waals surface area contributed by atoms with Crippen LogP contribution < -0.4 is 0 Å². The maximum absolute atomic E-state index is 4.77. The van der Waals surface area contributed by atoms with E-state index in [4.69, 9.17) is 4.98 Å². The number of rotatable bonds is 2. The molecule has 1 saturated heterocycles. The molecule has 0 spiro atoms. The predicted molar refractivity (Wildman–Crippen MR) is 130 cm³/mol. The molecular formula is C27H32N4. The highest BCUT2D eigenvalue weighted by Gasteiger charge is 2.14. The third-order valence-corrected chi connectivity index (χ3v) is 5.87. The minimum absolute atomic E-state index is 0.970. The summed E-state index contributed by atoms with van der Waals surface area (Å²) >= 11 is 0. The Morgan fingerprint density at radius 3 is 1.90 bits per heavy atom. The quantitative estimate of drug-likeness (QED) is 0.456. The Morgan fingerprint density at radius 2 is 1.26 bits per heavy atom. The van der Waals surface area contributed by atoms with Gasteiger partial charge in [0.05, 0.1) is 16.7 Å². The number of hydrogen-bond acceptors (Lipinski definition) is 4. The Morgan fingerprint density at radius 1 is 0.677 bits per heavy atom. The van der Waals surface area contributed by atoms with Crippen molar-refractivity contribution in [3.63, 3.8) is 0 Å². The molecule has 5 rings (SSSR count). The molecule has 0 amide bonds. The highest BCUT2D eigenvalue weighted by molar-refractivity contribution is 5.80. The topological polar surface area (TPSA) is 32.3 Å². The molecule has 3 heterocycles. The van der Waals surface area contributed by atoms with Crippen LogP contribution in [0, 0.1) is 20.8 Å². The summed E-state index contributed by atoms with van der Waals surface area (Å²) in [4.78, 5) is 14.1. The van der Waals surface area contributed by atoms with E-state index in [1.807, 2.05) is 13.0 Å². The maximum Gasteiger partial charge on any atom is 0.0706 e. The fourth-order valence-electron chi connectivity index (χ4n) is 3.96. The standard InChI is InChI=1S/C16H21N3.C11H11N/c1-13-3-6-16-14(11-13)4-5-15(17-16)12-19-9-7-18(2)8-10-19;1-8-3-6-11-10(7-8)5-4-9(2)12-11/h3-6,11H,7-10,12H2,1-2H3;3-7H,1-2H3. The van der Waals surface area contributed by atoms with Crippen molar-refractivity contribution >= 4 is 21.8 Å². The Balaban J connectivity index is 0.000000166. The molecule has 0 saturated carbocycles. The number of aryl methyl sites for hydroxylation is 3. The molecule has 160 valence electrons. The molecule has 1 aliphatic heterocycles. The highest BCUT2D eigenvalue weighted by Crippen LogP contribution is 2.16. The van der Waals surface area contributed by atoms with E-state index in [1.165, 1.54) is 27.6 Å². The van der Waals surface area contributed by atoms with Gasteiger partial charge in [-0.05, 0) is 64.2 Å². The Kier molecular flexibility index (Phi) is 6.59. The molecule has 0 N–H and O–H groups in total. The first kappa shape index (κ1) is 21.4. The lowest BCUT2D eigenvalue weighted by molar-refractivity contribution is 0.147. The van der Waals surface area contributed by atoms with Crippen LogP contribution in [0.2, 0.25) is 0 Å². The summed E-state index contributed by atoms with van der Waals surface area (Å²) in [6.45, 7) is 11.8. The second-order valence-corrected chi connectivity index (χ2v) is 8.73. The van der Waals surface area contributed by atoms with E-state index in [-0.39, 0.29) is 0 Å². The van der Waals surface area contributed by atoms with Crippen molar-refractivity contribution in [2.75, 3.05) is 33.2 Å². The van der Waals surface area contributed by atoms with E-state index in [0.717, 1.165) is 49.5 Å². The molecule has 2 aromatic carbocycles. The predicted octanol–water partition coefficient (Wildman–Crippen LogP) is 5.14. The lowest BCUT2D eigenvalue weighted by atomic mass is 10.1. The summed E-state index contributed by atoms with van der Waals surface area (Å²) < 4.78 is 0. The first-order valence-electron chi connectivity index (χ1n) is 11.1. The third-order valence-electron chi connectivity index (χ3n) is 5.87. The zero-order valence-corrected chi connectivity index (χ0v) is 19.1. The first-order valence-corrected chi connectivity index (χ1v) is 11.1. The van der Waals surface area contributed by atoms with Crippen LogP contribution in [0.4, 0.5) is 0 Å². The van der Waals surface area contributed by atoms with Gasteiger partial charge in [0.1, 0.15) is 0 Å². The monoisotopic (exact) mass is 412 g/mol. The summed E-state index contributed by atoms with van der Waals surface area (Å²) in [6, 6.07) is 21.3. The summed E-state index contributed by atoms with van der Waals surface area (Å²) in [7, 11) is 2.19. The van der Waals surface area contributed by atoms with Crippen molar-refractivity contribution in [3.05, 3.63) is 83.2 Å². The molecule has 0 radical (unpaired) electrons. The molecule has 31 heavy (non-hydrogen) atoms. The second-order valence-electron chi connectivity index (χ2n) is 8.73. The zero-order chi connectivity index (χ0) is 21.8. The van der Waals surface area contributed by atoms with E-state index in [2.05, 4.69) is 90.3 Å². The van der Waals surface area contributed by atoms with E-state index in [9.17, 15) is 0 Å². The van der Waals surface area contributed by atoms with Gasteiger partial charge in [-0.15, -0.1) is 0 Å². The number of pyridine rings is 2. The summed E-state index contributed by atoms with van der Waals surface area (Å²) in [5, 5.41) is 2.46. The normalized spacial score (nSPS) is 15.1. The van der Waals surface area contributed by atoms with Gasteiger partial charge in [-0.3, -0.25) is 14.9 Å². The average Bonchev–Trinajstić information content (AvgIpc) is 2.76. The fourth-order valence-corrected chi connectivity index (χ4v) is 3.96.